The third-order valence-corrected chi connectivity index (χ3v) is 3.09. The van der Waals surface area contributed by atoms with Gasteiger partial charge in [-0.05, 0) is 12.3 Å². The van der Waals surface area contributed by atoms with Gasteiger partial charge in [0.15, 0.2) is 0 Å². The van der Waals surface area contributed by atoms with E-state index in [2.05, 4.69) is 28.7 Å². The molecule has 1 N–H and O–H groups in total. The highest BCUT2D eigenvalue weighted by atomic mass is 32.2. The molecule has 1 aromatic rings. The maximum atomic E-state index is 4.37. The number of hydrogen-bond acceptors (Lipinski definition) is 3. The Kier molecular flexibility index (Phi) is 5.04. The molecule has 0 aliphatic rings. The molecule has 1 unspecified atom stereocenters. The number of nitrogens with one attached hydrogen (secondary N) is 1. The van der Waals surface area contributed by atoms with Crippen molar-refractivity contribution in [3.8, 4) is 0 Å². The summed E-state index contributed by atoms with van der Waals surface area (Å²) in [5.74, 6) is 3.38. The second kappa shape index (κ2) is 6.09. The number of thioether (sulfide) groups is 1. The van der Waals surface area contributed by atoms with Gasteiger partial charge in [-0.15, -0.1) is 0 Å². The first kappa shape index (κ1) is 11.6. The summed E-state index contributed by atoms with van der Waals surface area (Å²) in [6.07, 6.45) is 3.85. The fourth-order valence-corrected chi connectivity index (χ4v) is 2.16. The molecule has 3 nitrogen and oxygen atoms in total. The summed E-state index contributed by atoms with van der Waals surface area (Å²) in [6, 6.07) is 0.380. The molecule has 1 heterocycles. The van der Waals surface area contributed by atoms with Gasteiger partial charge in [0.25, 0.3) is 0 Å². The smallest absolute Gasteiger partial charge is 0.126 e. The van der Waals surface area contributed by atoms with E-state index < -0.39 is 0 Å². The lowest BCUT2D eigenvalue weighted by Gasteiger charge is -2.16. The van der Waals surface area contributed by atoms with E-state index in [9.17, 15) is 0 Å². The van der Waals surface area contributed by atoms with Crippen LogP contribution in [0, 0.1) is 0 Å². The lowest BCUT2D eigenvalue weighted by molar-refractivity contribution is 0.555. The second-order valence-electron chi connectivity index (χ2n) is 3.17. The van der Waals surface area contributed by atoms with E-state index in [1.165, 1.54) is 0 Å². The first-order chi connectivity index (χ1) is 6.79. The first-order valence-corrected chi connectivity index (χ1v) is 6.23. The van der Waals surface area contributed by atoms with Gasteiger partial charge < -0.3 is 9.88 Å². The molecular weight excluding hydrogens is 194 g/mol. The lowest BCUT2D eigenvalue weighted by Crippen LogP contribution is -2.25. The minimum atomic E-state index is 0.380. The van der Waals surface area contributed by atoms with Crippen LogP contribution >= 0.6 is 11.8 Å². The molecule has 1 aromatic heterocycles. The zero-order valence-electron chi connectivity index (χ0n) is 9.16. The maximum Gasteiger partial charge on any atom is 0.126 e. The van der Waals surface area contributed by atoms with Gasteiger partial charge in [0, 0.05) is 25.2 Å². The molecule has 0 saturated heterocycles. The van der Waals surface area contributed by atoms with Crippen molar-refractivity contribution in [3.05, 3.63) is 18.2 Å². The standard InChI is InChI=1S/C10H19N3S/c1-4-11-9(8-14-5-2)10-12-6-7-13(10)3/h6-7,9,11H,4-5,8H2,1-3H3. The summed E-state index contributed by atoms with van der Waals surface area (Å²) in [5.41, 5.74) is 0. The number of aromatic nitrogens is 2. The van der Waals surface area contributed by atoms with E-state index in [4.69, 9.17) is 0 Å². The fraction of sp³-hybridized carbons (Fsp3) is 0.700. The zero-order chi connectivity index (χ0) is 10.4. The summed E-state index contributed by atoms with van der Waals surface area (Å²) in [7, 11) is 2.04. The van der Waals surface area contributed by atoms with E-state index in [0.29, 0.717) is 6.04 Å². The van der Waals surface area contributed by atoms with Crippen molar-refractivity contribution < 1.29 is 0 Å². The van der Waals surface area contributed by atoms with Gasteiger partial charge in [-0.3, -0.25) is 0 Å². The van der Waals surface area contributed by atoms with Gasteiger partial charge in [-0.25, -0.2) is 4.98 Å². The average Bonchev–Trinajstić information content (AvgIpc) is 2.59. The molecule has 80 valence electrons. The molecule has 0 spiro atoms. The molecular formula is C10H19N3S. The van der Waals surface area contributed by atoms with Gasteiger partial charge in [0.05, 0.1) is 6.04 Å². The summed E-state index contributed by atoms with van der Waals surface area (Å²) in [6.45, 7) is 5.31. The molecule has 0 bridgehead atoms. The highest BCUT2D eigenvalue weighted by Gasteiger charge is 2.13. The molecule has 1 atom stereocenters. The molecule has 0 radical (unpaired) electrons. The van der Waals surface area contributed by atoms with Crippen LogP contribution in [0.25, 0.3) is 0 Å². The van der Waals surface area contributed by atoms with Gasteiger partial charge in [0.1, 0.15) is 5.82 Å². The highest BCUT2D eigenvalue weighted by molar-refractivity contribution is 7.99. The number of aryl methyl sites for hydroxylation is 1. The van der Waals surface area contributed by atoms with Crippen molar-refractivity contribution in [2.24, 2.45) is 7.05 Å². The quantitative estimate of drug-likeness (QED) is 0.782. The molecule has 0 fully saturated rings. The molecule has 14 heavy (non-hydrogen) atoms. The number of imidazole rings is 1. The van der Waals surface area contributed by atoms with Gasteiger partial charge in [-0.1, -0.05) is 13.8 Å². The van der Waals surface area contributed by atoms with Crippen LogP contribution in [0.15, 0.2) is 12.4 Å². The number of nitrogens with zero attached hydrogens (tertiary/aromatic N) is 2. The van der Waals surface area contributed by atoms with Crippen LogP contribution in [0.5, 0.6) is 0 Å². The monoisotopic (exact) mass is 213 g/mol. The van der Waals surface area contributed by atoms with E-state index in [1.807, 2.05) is 31.2 Å². The summed E-state index contributed by atoms with van der Waals surface area (Å²) in [5, 5.41) is 3.46. The summed E-state index contributed by atoms with van der Waals surface area (Å²) >= 11 is 1.95. The molecule has 4 heteroatoms. The predicted octanol–water partition coefficient (Wildman–Crippen LogP) is 1.82. The van der Waals surface area contributed by atoms with Crippen molar-refractivity contribution in [1.29, 1.82) is 0 Å². The molecule has 0 aromatic carbocycles. The van der Waals surface area contributed by atoms with Crippen LogP contribution in [0.2, 0.25) is 0 Å². The fourth-order valence-electron chi connectivity index (χ4n) is 1.42. The van der Waals surface area contributed by atoms with E-state index in [1.54, 1.807) is 0 Å². The van der Waals surface area contributed by atoms with Crippen molar-refractivity contribution >= 4 is 11.8 Å². The molecule has 1 rings (SSSR count). The van der Waals surface area contributed by atoms with E-state index >= 15 is 0 Å². The van der Waals surface area contributed by atoms with E-state index in [0.717, 1.165) is 23.9 Å². The molecule has 0 saturated carbocycles. The Hall–Kier alpha value is -0.480. The summed E-state index contributed by atoms with van der Waals surface area (Å²) in [4.78, 5) is 4.37. The molecule has 0 aliphatic heterocycles. The highest BCUT2D eigenvalue weighted by Crippen LogP contribution is 2.15. The topological polar surface area (TPSA) is 29.9 Å². The van der Waals surface area contributed by atoms with Crippen LogP contribution < -0.4 is 5.32 Å². The van der Waals surface area contributed by atoms with Crippen LogP contribution in [-0.2, 0) is 7.05 Å². The van der Waals surface area contributed by atoms with Crippen molar-refractivity contribution in [2.75, 3.05) is 18.1 Å². The molecule has 0 amide bonds. The largest absolute Gasteiger partial charge is 0.337 e. The van der Waals surface area contributed by atoms with Gasteiger partial charge in [0.2, 0.25) is 0 Å². The number of rotatable bonds is 6. The maximum absolute atomic E-state index is 4.37. The Bertz CT molecular complexity index is 260. The Labute approximate surface area is 90.3 Å². The van der Waals surface area contributed by atoms with Gasteiger partial charge >= 0.3 is 0 Å². The van der Waals surface area contributed by atoms with Crippen LogP contribution in [0.3, 0.4) is 0 Å². The zero-order valence-corrected chi connectivity index (χ0v) is 9.97. The lowest BCUT2D eigenvalue weighted by atomic mass is 10.3. The third-order valence-electron chi connectivity index (χ3n) is 2.11. The average molecular weight is 213 g/mol. The van der Waals surface area contributed by atoms with Crippen molar-refractivity contribution in [2.45, 2.75) is 19.9 Å². The normalized spacial score (nSPS) is 13.1. The van der Waals surface area contributed by atoms with Crippen molar-refractivity contribution in [3.63, 3.8) is 0 Å². The summed E-state index contributed by atoms with van der Waals surface area (Å²) < 4.78 is 2.09. The molecule has 0 aliphatic carbocycles. The van der Waals surface area contributed by atoms with Crippen LogP contribution in [0.1, 0.15) is 25.7 Å². The Morgan fingerprint density at radius 2 is 2.36 bits per heavy atom. The third kappa shape index (κ3) is 3.03. The minimum absolute atomic E-state index is 0.380. The minimum Gasteiger partial charge on any atom is -0.337 e. The predicted molar refractivity (Wildman–Crippen MR) is 62.6 cm³/mol. The van der Waals surface area contributed by atoms with Crippen LogP contribution in [0.4, 0.5) is 0 Å². The number of hydrogen-bond donors (Lipinski definition) is 1. The van der Waals surface area contributed by atoms with Crippen LogP contribution in [-0.4, -0.2) is 27.6 Å². The van der Waals surface area contributed by atoms with E-state index in [-0.39, 0.29) is 0 Å². The Morgan fingerprint density at radius 1 is 1.57 bits per heavy atom. The SMILES string of the molecule is CCNC(CSCC)c1nccn1C. The second-order valence-corrected chi connectivity index (χ2v) is 4.49. The Balaban J connectivity index is 2.62. The van der Waals surface area contributed by atoms with Gasteiger partial charge in [-0.2, -0.15) is 11.8 Å². The first-order valence-electron chi connectivity index (χ1n) is 5.07. The Morgan fingerprint density at radius 3 is 2.86 bits per heavy atom. The van der Waals surface area contributed by atoms with Crippen molar-refractivity contribution in [1.82, 2.24) is 14.9 Å².